The number of aryl methyl sites for hydroxylation is 1. The smallest absolute Gasteiger partial charge is 0.341 e. The number of hydrogen-bond donors (Lipinski definition) is 1. The Kier molecular flexibility index (Phi) is 6.87. The molecule has 1 amide bonds. The first-order valence-corrected chi connectivity index (χ1v) is 12.6. The van der Waals surface area contributed by atoms with E-state index in [1.165, 1.54) is 18.4 Å². The number of nitrogens with zero attached hydrogens (tertiary/aromatic N) is 1. The number of halogens is 1. The first-order chi connectivity index (χ1) is 16.2. The van der Waals surface area contributed by atoms with Crippen LogP contribution in [-0.2, 0) is 17.6 Å². The number of aromatic nitrogens is 1. The second-order valence-corrected chi connectivity index (χ2v) is 10.9. The number of ether oxygens (including phenoxy) is 1. The molecule has 0 unspecified atom stereocenters. The SMILES string of the molecule is CCC(C)(C)[C@@H]1CCc2c(sc(NC(=O)c3c(-c4ccccc4Cl)noc3C)c2C(=O)OC)C1. The Bertz CT molecular complexity index is 1240. The first-order valence-electron chi connectivity index (χ1n) is 11.4. The van der Waals surface area contributed by atoms with Gasteiger partial charge in [-0.15, -0.1) is 11.3 Å². The zero-order chi connectivity index (χ0) is 24.6. The van der Waals surface area contributed by atoms with Crippen LogP contribution in [0.1, 0.15) is 70.5 Å². The number of nitrogens with one attached hydrogen (secondary N) is 1. The standard InChI is InChI=1S/C26H29ClN2O4S/c1-6-26(3,4)15-11-12-17-19(13-15)34-24(21(17)25(31)32-5)28-23(30)20-14(2)33-29-22(20)16-9-7-8-10-18(16)27/h7-10,15H,6,11-13H2,1-5H3,(H,28,30)/t15-/m1/s1. The van der Waals surface area contributed by atoms with E-state index in [9.17, 15) is 9.59 Å². The molecule has 3 aromatic rings. The van der Waals surface area contributed by atoms with Crippen molar-refractivity contribution >= 4 is 39.8 Å². The molecule has 1 aromatic carbocycles. The summed E-state index contributed by atoms with van der Waals surface area (Å²) in [6.45, 7) is 8.49. The molecule has 0 fully saturated rings. The molecule has 34 heavy (non-hydrogen) atoms. The van der Waals surface area contributed by atoms with Crippen molar-refractivity contribution in [2.24, 2.45) is 11.3 Å². The molecule has 0 radical (unpaired) electrons. The zero-order valence-corrected chi connectivity index (χ0v) is 21.7. The molecule has 0 saturated carbocycles. The van der Waals surface area contributed by atoms with Crippen molar-refractivity contribution < 1.29 is 18.8 Å². The van der Waals surface area contributed by atoms with Crippen LogP contribution < -0.4 is 5.32 Å². The number of benzene rings is 1. The highest BCUT2D eigenvalue weighted by molar-refractivity contribution is 7.17. The van der Waals surface area contributed by atoms with Crippen molar-refractivity contribution in [2.45, 2.75) is 53.4 Å². The molecule has 8 heteroatoms. The number of rotatable bonds is 6. The van der Waals surface area contributed by atoms with Gasteiger partial charge in [-0.3, -0.25) is 4.79 Å². The van der Waals surface area contributed by atoms with Crippen LogP contribution in [-0.4, -0.2) is 24.1 Å². The van der Waals surface area contributed by atoms with Gasteiger partial charge in [-0.05, 0) is 49.1 Å². The topological polar surface area (TPSA) is 81.4 Å². The van der Waals surface area contributed by atoms with Crippen LogP contribution in [0.15, 0.2) is 28.8 Å². The molecule has 180 valence electrons. The minimum absolute atomic E-state index is 0.208. The average Bonchev–Trinajstić information content (AvgIpc) is 3.38. The summed E-state index contributed by atoms with van der Waals surface area (Å²) in [5.74, 6) is 0.0557. The lowest BCUT2D eigenvalue weighted by Gasteiger charge is -2.36. The summed E-state index contributed by atoms with van der Waals surface area (Å²) in [6.07, 6.45) is 3.77. The van der Waals surface area contributed by atoms with Gasteiger partial charge in [0, 0.05) is 10.4 Å². The largest absolute Gasteiger partial charge is 0.465 e. The number of hydrogen-bond acceptors (Lipinski definition) is 6. The van der Waals surface area contributed by atoms with E-state index in [1.54, 1.807) is 19.1 Å². The van der Waals surface area contributed by atoms with E-state index >= 15 is 0 Å². The zero-order valence-electron chi connectivity index (χ0n) is 20.1. The lowest BCUT2D eigenvalue weighted by molar-refractivity contribution is 0.0600. The van der Waals surface area contributed by atoms with Crippen molar-refractivity contribution in [3.63, 3.8) is 0 Å². The Morgan fingerprint density at radius 2 is 2.03 bits per heavy atom. The minimum atomic E-state index is -0.436. The van der Waals surface area contributed by atoms with Gasteiger partial charge in [-0.1, -0.05) is 62.1 Å². The fourth-order valence-corrected chi connectivity index (χ4v) is 6.13. The van der Waals surface area contributed by atoms with Gasteiger partial charge in [0.15, 0.2) is 0 Å². The maximum atomic E-state index is 13.4. The number of carbonyl (C=O) groups is 2. The molecule has 1 aliphatic carbocycles. The maximum absolute atomic E-state index is 13.4. The molecule has 0 saturated heterocycles. The van der Waals surface area contributed by atoms with Crippen molar-refractivity contribution in [2.75, 3.05) is 12.4 Å². The van der Waals surface area contributed by atoms with Crippen molar-refractivity contribution in [1.29, 1.82) is 0 Å². The van der Waals surface area contributed by atoms with Gasteiger partial charge in [-0.2, -0.15) is 0 Å². The summed E-state index contributed by atoms with van der Waals surface area (Å²) in [6, 6.07) is 7.16. The third-order valence-electron chi connectivity index (χ3n) is 7.12. The minimum Gasteiger partial charge on any atom is -0.465 e. The van der Waals surface area contributed by atoms with Crippen LogP contribution in [0.5, 0.6) is 0 Å². The summed E-state index contributed by atoms with van der Waals surface area (Å²) < 4.78 is 10.4. The summed E-state index contributed by atoms with van der Waals surface area (Å²) in [4.78, 5) is 27.3. The lowest BCUT2D eigenvalue weighted by atomic mass is 9.69. The number of esters is 1. The number of fused-ring (bicyclic) bond motifs is 1. The Morgan fingerprint density at radius 1 is 1.29 bits per heavy atom. The molecule has 0 aliphatic heterocycles. The van der Waals surface area contributed by atoms with Gasteiger partial charge in [0.1, 0.15) is 22.0 Å². The van der Waals surface area contributed by atoms with Gasteiger partial charge in [0.25, 0.3) is 5.91 Å². The fraction of sp³-hybridized carbons (Fsp3) is 0.423. The second kappa shape index (κ2) is 9.55. The van der Waals surface area contributed by atoms with Crippen LogP contribution in [0.3, 0.4) is 0 Å². The molecule has 2 aromatic heterocycles. The quantitative estimate of drug-likeness (QED) is 0.370. The fourth-order valence-electron chi connectivity index (χ4n) is 4.59. The van der Waals surface area contributed by atoms with Crippen LogP contribution in [0.2, 0.25) is 5.02 Å². The van der Waals surface area contributed by atoms with Crippen molar-refractivity contribution in [3.8, 4) is 11.3 Å². The van der Waals surface area contributed by atoms with Crippen LogP contribution in [0, 0.1) is 18.3 Å². The second-order valence-electron chi connectivity index (χ2n) is 9.38. The highest BCUT2D eigenvalue weighted by atomic mass is 35.5. The molecule has 1 aliphatic rings. The van der Waals surface area contributed by atoms with E-state index in [0.29, 0.717) is 44.1 Å². The van der Waals surface area contributed by atoms with Crippen LogP contribution in [0.25, 0.3) is 11.3 Å². The number of carbonyl (C=O) groups excluding carboxylic acids is 2. The van der Waals surface area contributed by atoms with Crippen molar-refractivity contribution in [3.05, 3.63) is 56.6 Å². The lowest BCUT2D eigenvalue weighted by Crippen LogP contribution is -2.28. The molecule has 0 spiro atoms. The average molecular weight is 501 g/mol. The Morgan fingerprint density at radius 3 is 2.71 bits per heavy atom. The summed E-state index contributed by atoms with van der Waals surface area (Å²) in [5.41, 5.74) is 2.92. The van der Waals surface area contributed by atoms with Gasteiger partial charge < -0.3 is 14.6 Å². The number of methoxy groups -OCH3 is 1. The number of anilines is 1. The molecular formula is C26H29ClN2O4S. The van der Waals surface area contributed by atoms with E-state index in [2.05, 4.69) is 31.2 Å². The van der Waals surface area contributed by atoms with Crippen molar-refractivity contribution in [1.82, 2.24) is 5.16 Å². The Hall–Kier alpha value is -2.64. The predicted octanol–water partition coefficient (Wildman–Crippen LogP) is 6.94. The highest BCUT2D eigenvalue weighted by Crippen LogP contribution is 2.46. The van der Waals surface area contributed by atoms with Gasteiger partial charge in [-0.25, -0.2) is 4.79 Å². The summed E-state index contributed by atoms with van der Waals surface area (Å²) in [5, 5.41) is 8.02. The number of thiophene rings is 1. The first kappa shape index (κ1) is 24.5. The molecule has 6 nitrogen and oxygen atoms in total. The third-order valence-corrected chi connectivity index (χ3v) is 8.62. The van der Waals surface area contributed by atoms with E-state index in [1.807, 2.05) is 12.1 Å². The summed E-state index contributed by atoms with van der Waals surface area (Å²) in [7, 11) is 1.36. The maximum Gasteiger partial charge on any atom is 0.341 e. The van der Waals surface area contributed by atoms with E-state index in [4.69, 9.17) is 20.9 Å². The van der Waals surface area contributed by atoms with Gasteiger partial charge >= 0.3 is 5.97 Å². The third kappa shape index (κ3) is 4.39. The Balaban J connectivity index is 1.71. The van der Waals surface area contributed by atoms with E-state index in [0.717, 1.165) is 36.1 Å². The molecule has 1 N–H and O–H groups in total. The predicted molar refractivity (Wildman–Crippen MR) is 135 cm³/mol. The van der Waals surface area contributed by atoms with E-state index < -0.39 is 11.9 Å². The molecule has 4 rings (SSSR count). The number of amides is 1. The van der Waals surface area contributed by atoms with Crippen LogP contribution >= 0.6 is 22.9 Å². The Labute approximate surface area is 208 Å². The van der Waals surface area contributed by atoms with Gasteiger partial charge in [0.05, 0.1) is 17.7 Å². The molecule has 0 bridgehead atoms. The normalized spacial score (nSPS) is 15.6. The molecular weight excluding hydrogens is 472 g/mol. The highest BCUT2D eigenvalue weighted by Gasteiger charge is 2.36. The van der Waals surface area contributed by atoms with E-state index in [-0.39, 0.29) is 5.41 Å². The van der Waals surface area contributed by atoms with Crippen LogP contribution in [0.4, 0.5) is 5.00 Å². The molecule has 1 atom stereocenters. The van der Waals surface area contributed by atoms with Gasteiger partial charge in [0.2, 0.25) is 0 Å². The monoisotopic (exact) mass is 500 g/mol. The summed E-state index contributed by atoms with van der Waals surface area (Å²) >= 11 is 7.81. The molecule has 2 heterocycles.